The van der Waals surface area contributed by atoms with E-state index in [9.17, 15) is 5.11 Å². The van der Waals surface area contributed by atoms with Gasteiger partial charge in [0.1, 0.15) is 5.75 Å². The van der Waals surface area contributed by atoms with E-state index in [4.69, 9.17) is 4.74 Å². The molecule has 0 saturated carbocycles. The Morgan fingerprint density at radius 1 is 0.926 bits per heavy atom. The summed E-state index contributed by atoms with van der Waals surface area (Å²) in [6.07, 6.45) is 11.4. The molecule has 1 aliphatic heterocycles. The molecule has 1 N–H and O–H groups in total. The van der Waals surface area contributed by atoms with E-state index in [-0.39, 0.29) is 6.10 Å². The van der Waals surface area contributed by atoms with Gasteiger partial charge in [-0.3, -0.25) is 4.90 Å². The fourth-order valence-electron chi connectivity index (χ4n) is 3.97. The summed E-state index contributed by atoms with van der Waals surface area (Å²) in [5.41, 5.74) is 1.18. The first kappa shape index (κ1) is 22.0. The minimum atomic E-state index is -0.178. The molecule has 27 heavy (non-hydrogen) atoms. The molecule has 1 heterocycles. The van der Waals surface area contributed by atoms with Gasteiger partial charge in [0.2, 0.25) is 0 Å². The van der Waals surface area contributed by atoms with Gasteiger partial charge in [-0.1, -0.05) is 70.4 Å². The third-order valence-corrected chi connectivity index (χ3v) is 5.66. The minimum absolute atomic E-state index is 0.178. The van der Waals surface area contributed by atoms with E-state index in [1.807, 2.05) is 12.1 Å². The maximum absolute atomic E-state index is 10.4. The molecular weight excluding hydrogens is 336 g/mol. The fourth-order valence-corrected chi connectivity index (χ4v) is 3.97. The summed E-state index contributed by atoms with van der Waals surface area (Å²) < 4.78 is 5.49. The van der Waals surface area contributed by atoms with Crippen LogP contribution in [0.5, 0.6) is 5.75 Å². The molecule has 0 amide bonds. The molecule has 0 aliphatic carbocycles. The van der Waals surface area contributed by atoms with Crippen LogP contribution in [-0.2, 0) is 0 Å². The number of aliphatic hydroxyl groups is 1. The van der Waals surface area contributed by atoms with Crippen molar-refractivity contribution in [2.45, 2.75) is 70.8 Å². The number of aliphatic hydroxyl groups excluding tert-OH is 1. The number of methoxy groups -OCH3 is 1. The summed E-state index contributed by atoms with van der Waals surface area (Å²) in [4.78, 5) is 4.79. The van der Waals surface area contributed by atoms with Crippen LogP contribution in [0.15, 0.2) is 24.3 Å². The number of piperazine rings is 1. The van der Waals surface area contributed by atoms with Crippen LogP contribution in [0.2, 0.25) is 0 Å². The number of anilines is 1. The molecule has 1 aliphatic rings. The first-order valence-corrected chi connectivity index (χ1v) is 11.0. The zero-order valence-electron chi connectivity index (χ0n) is 17.5. The summed E-state index contributed by atoms with van der Waals surface area (Å²) in [6, 6.07) is 8.23. The van der Waals surface area contributed by atoms with Crippen molar-refractivity contribution in [2.75, 3.05) is 44.7 Å². The SMILES string of the molecule is CCCCCCCCCCC(O)CN1CCN(c2ccccc2OC)CC1. The average molecular weight is 377 g/mol. The van der Waals surface area contributed by atoms with E-state index in [0.717, 1.165) is 51.3 Å². The van der Waals surface area contributed by atoms with Crippen LogP contribution < -0.4 is 9.64 Å². The van der Waals surface area contributed by atoms with Crippen molar-refractivity contribution in [2.24, 2.45) is 0 Å². The van der Waals surface area contributed by atoms with E-state index in [2.05, 4.69) is 28.9 Å². The monoisotopic (exact) mass is 376 g/mol. The maximum atomic E-state index is 10.4. The highest BCUT2D eigenvalue weighted by atomic mass is 16.5. The van der Waals surface area contributed by atoms with E-state index in [1.165, 1.54) is 50.6 Å². The minimum Gasteiger partial charge on any atom is -0.495 e. The molecule has 4 nitrogen and oxygen atoms in total. The molecule has 1 aromatic rings. The Morgan fingerprint density at radius 3 is 2.22 bits per heavy atom. The molecular formula is C23H40N2O2. The Morgan fingerprint density at radius 2 is 1.56 bits per heavy atom. The number of unbranched alkanes of at least 4 members (excludes halogenated alkanes) is 7. The van der Waals surface area contributed by atoms with Crippen LogP contribution in [0.1, 0.15) is 64.7 Å². The second kappa shape index (κ2) is 13.0. The first-order chi connectivity index (χ1) is 13.2. The summed E-state index contributed by atoms with van der Waals surface area (Å²) in [5.74, 6) is 0.945. The van der Waals surface area contributed by atoms with Crippen LogP contribution in [0.4, 0.5) is 5.69 Å². The molecule has 2 rings (SSSR count). The molecule has 0 aromatic heterocycles. The third kappa shape index (κ3) is 8.10. The zero-order valence-corrected chi connectivity index (χ0v) is 17.5. The maximum Gasteiger partial charge on any atom is 0.142 e. The van der Waals surface area contributed by atoms with E-state index < -0.39 is 0 Å². The van der Waals surface area contributed by atoms with Crippen molar-refractivity contribution in [3.63, 3.8) is 0 Å². The number of hydrogen-bond donors (Lipinski definition) is 1. The Labute approximate surface area is 166 Å². The average Bonchev–Trinajstić information content (AvgIpc) is 2.70. The van der Waals surface area contributed by atoms with Gasteiger partial charge >= 0.3 is 0 Å². The number of β-amino-alcohol motifs (C(OH)–C–C–N with tert-alkyl or cyclic N) is 1. The van der Waals surface area contributed by atoms with Crippen molar-refractivity contribution >= 4 is 5.69 Å². The van der Waals surface area contributed by atoms with Crippen molar-refractivity contribution in [1.29, 1.82) is 0 Å². The van der Waals surface area contributed by atoms with Crippen molar-refractivity contribution in [3.05, 3.63) is 24.3 Å². The number of ether oxygens (including phenoxy) is 1. The fraction of sp³-hybridized carbons (Fsp3) is 0.739. The Kier molecular flexibility index (Phi) is 10.6. The molecule has 1 atom stereocenters. The highest BCUT2D eigenvalue weighted by molar-refractivity contribution is 5.58. The molecule has 154 valence electrons. The quantitative estimate of drug-likeness (QED) is 0.506. The van der Waals surface area contributed by atoms with Gasteiger partial charge in [0.25, 0.3) is 0 Å². The lowest BCUT2D eigenvalue weighted by Crippen LogP contribution is -2.48. The number of nitrogens with zero attached hydrogens (tertiary/aromatic N) is 2. The normalized spacial score (nSPS) is 16.5. The van der Waals surface area contributed by atoms with E-state index in [1.54, 1.807) is 7.11 Å². The second-order valence-corrected chi connectivity index (χ2v) is 7.88. The van der Waals surface area contributed by atoms with Crippen molar-refractivity contribution in [3.8, 4) is 5.75 Å². The van der Waals surface area contributed by atoms with Gasteiger partial charge < -0.3 is 14.7 Å². The summed E-state index contributed by atoms with van der Waals surface area (Å²) in [7, 11) is 1.73. The number of para-hydroxylation sites is 2. The van der Waals surface area contributed by atoms with Gasteiger partial charge in [-0.25, -0.2) is 0 Å². The van der Waals surface area contributed by atoms with Gasteiger partial charge in [0.05, 0.1) is 18.9 Å². The summed E-state index contributed by atoms with van der Waals surface area (Å²) in [6.45, 7) is 7.07. The van der Waals surface area contributed by atoms with Gasteiger partial charge in [-0.15, -0.1) is 0 Å². The topological polar surface area (TPSA) is 35.9 Å². The van der Waals surface area contributed by atoms with Gasteiger partial charge in [0, 0.05) is 32.7 Å². The predicted octanol–water partition coefficient (Wildman–Crippen LogP) is 4.71. The molecule has 1 aromatic carbocycles. The van der Waals surface area contributed by atoms with Crippen LogP contribution in [0, 0.1) is 0 Å². The largest absolute Gasteiger partial charge is 0.495 e. The molecule has 0 spiro atoms. The van der Waals surface area contributed by atoms with Crippen molar-refractivity contribution < 1.29 is 9.84 Å². The van der Waals surface area contributed by atoms with Crippen LogP contribution in [0.3, 0.4) is 0 Å². The highest BCUT2D eigenvalue weighted by Crippen LogP contribution is 2.28. The summed E-state index contributed by atoms with van der Waals surface area (Å²) >= 11 is 0. The van der Waals surface area contributed by atoms with E-state index >= 15 is 0 Å². The lowest BCUT2D eigenvalue weighted by atomic mass is 10.1. The van der Waals surface area contributed by atoms with Crippen molar-refractivity contribution in [1.82, 2.24) is 4.90 Å². The second-order valence-electron chi connectivity index (χ2n) is 7.88. The Balaban J connectivity index is 1.57. The van der Waals surface area contributed by atoms with Gasteiger partial charge in [-0.2, -0.15) is 0 Å². The summed E-state index contributed by atoms with van der Waals surface area (Å²) in [5, 5.41) is 10.4. The van der Waals surface area contributed by atoms with E-state index in [0.29, 0.717) is 0 Å². The standard InChI is InChI=1S/C23H40N2O2/c1-3-4-5-6-7-8-9-10-13-21(26)20-24-16-18-25(19-17-24)22-14-11-12-15-23(22)27-2/h11-12,14-15,21,26H,3-10,13,16-20H2,1-2H3. The Bertz CT molecular complexity index is 501. The van der Waals surface area contributed by atoms with Gasteiger partial charge in [-0.05, 0) is 18.6 Å². The number of benzene rings is 1. The van der Waals surface area contributed by atoms with Crippen LogP contribution in [0.25, 0.3) is 0 Å². The lowest BCUT2D eigenvalue weighted by Gasteiger charge is -2.37. The first-order valence-electron chi connectivity index (χ1n) is 11.0. The van der Waals surface area contributed by atoms with Gasteiger partial charge in [0.15, 0.2) is 0 Å². The predicted molar refractivity (Wildman–Crippen MR) is 115 cm³/mol. The third-order valence-electron chi connectivity index (χ3n) is 5.66. The molecule has 0 radical (unpaired) electrons. The number of rotatable bonds is 13. The molecule has 1 unspecified atom stereocenters. The number of hydrogen-bond acceptors (Lipinski definition) is 4. The van der Waals surface area contributed by atoms with Crippen LogP contribution in [-0.4, -0.2) is 55.9 Å². The Hall–Kier alpha value is -1.26. The molecule has 4 heteroatoms. The zero-order chi connectivity index (χ0) is 19.3. The van der Waals surface area contributed by atoms with Crippen LogP contribution >= 0.6 is 0 Å². The lowest BCUT2D eigenvalue weighted by molar-refractivity contribution is 0.0996. The smallest absolute Gasteiger partial charge is 0.142 e. The molecule has 0 bridgehead atoms. The molecule has 1 fully saturated rings. The molecule has 1 saturated heterocycles. The highest BCUT2D eigenvalue weighted by Gasteiger charge is 2.21.